The second-order valence-electron chi connectivity index (χ2n) is 5.36. The van der Waals surface area contributed by atoms with E-state index in [0.29, 0.717) is 11.3 Å². The fourth-order valence-electron chi connectivity index (χ4n) is 2.57. The molecule has 0 amide bonds. The van der Waals surface area contributed by atoms with Crippen molar-refractivity contribution >= 4 is 39.0 Å². The summed E-state index contributed by atoms with van der Waals surface area (Å²) in [5, 5.41) is 2.90. The van der Waals surface area contributed by atoms with Crippen molar-refractivity contribution in [3.63, 3.8) is 0 Å². The SMILES string of the molecule is COc1ccnc2c1C(=O)C(Nc1ccc(Br)cc1C(C)=O)=CC2=O. The second kappa shape index (κ2) is 6.60. The van der Waals surface area contributed by atoms with Crippen LogP contribution in [0.2, 0.25) is 0 Å². The average Bonchev–Trinajstić information content (AvgIpc) is 2.60. The van der Waals surface area contributed by atoms with Crippen molar-refractivity contribution in [2.24, 2.45) is 0 Å². The Morgan fingerprint density at radius 3 is 2.68 bits per heavy atom. The van der Waals surface area contributed by atoms with Gasteiger partial charge in [0.1, 0.15) is 11.4 Å². The maximum absolute atomic E-state index is 12.8. The molecular formula is C18H13BrN2O4. The van der Waals surface area contributed by atoms with E-state index in [-0.39, 0.29) is 28.5 Å². The number of pyridine rings is 1. The molecule has 1 aliphatic carbocycles. The number of aromatic nitrogens is 1. The van der Waals surface area contributed by atoms with Crippen molar-refractivity contribution in [2.75, 3.05) is 12.4 Å². The molecule has 25 heavy (non-hydrogen) atoms. The van der Waals surface area contributed by atoms with E-state index in [1.165, 1.54) is 32.4 Å². The van der Waals surface area contributed by atoms with E-state index >= 15 is 0 Å². The van der Waals surface area contributed by atoms with Gasteiger partial charge in [-0.2, -0.15) is 0 Å². The first-order valence-corrected chi connectivity index (χ1v) is 8.13. The summed E-state index contributed by atoms with van der Waals surface area (Å²) in [7, 11) is 1.42. The number of anilines is 1. The number of benzene rings is 1. The Morgan fingerprint density at radius 1 is 1.24 bits per heavy atom. The molecule has 0 radical (unpaired) electrons. The molecule has 1 aromatic carbocycles. The van der Waals surface area contributed by atoms with Crippen molar-refractivity contribution in [3.8, 4) is 5.75 Å². The lowest BCUT2D eigenvalue weighted by Crippen LogP contribution is -2.24. The number of rotatable bonds is 4. The largest absolute Gasteiger partial charge is 0.496 e. The first kappa shape index (κ1) is 17.0. The Morgan fingerprint density at radius 2 is 2.00 bits per heavy atom. The molecule has 0 saturated carbocycles. The second-order valence-corrected chi connectivity index (χ2v) is 6.27. The molecule has 1 aromatic heterocycles. The first-order valence-electron chi connectivity index (χ1n) is 7.33. The molecule has 2 aromatic rings. The third-order valence-electron chi connectivity index (χ3n) is 3.74. The van der Waals surface area contributed by atoms with Gasteiger partial charge in [-0.1, -0.05) is 15.9 Å². The predicted octanol–water partition coefficient (Wildman–Crippen LogP) is 3.43. The summed E-state index contributed by atoms with van der Waals surface area (Å²) in [5.41, 5.74) is 1.07. The zero-order chi connectivity index (χ0) is 18.1. The number of nitrogens with zero attached hydrogens (tertiary/aromatic N) is 1. The van der Waals surface area contributed by atoms with Crippen LogP contribution in [0.3, 0.4) is 0 Å². The van der Waals surface area contributed by atoms with E-state index in [4.69, 9.17) is 4.74 Å². The number of hydrogen-bond acceptors (Lipinski definition) is 6. The van der Waals surface area contributed by atoms with Crippen LogP contribution >= 0.6 is 15.9 Å². The van der Waals surface area contributed by atoms with Crippen LogP contribution in [0.25, 0.3) is 0 Å². The molecule has 1 N–H and O–H groups in total. The molecule has 1 heterocycles. The zero-order valence-electron chi connectivity index (χ0n) is 13.4. The van der Waals surface area contributed by atoms with Crippen LogP contribution in [0, 0.1) is 0 Å². The van der Waals surface area contributed by atoms with Crippen LogP contribution in [-0.2, 0) is 0 Å². The van der Waals surface area contributed by atoms with Crippen LogP contribution in [0.5, 0.6) is 5.75 Å². The van der Waals surface area contributed by atoms with Gasteiger partial charge in [0, 0.05) is 28.0 Å². The van der Waals surface area contributed by atoms with E-state index in [1.807, 2.05) is 0 Å². The van der Waals surface area contributed by atoms with Crippen molar-refractivity contribution in [1.29, 1.82) is 0 Å². The van der Waals surface area contributed by atoms with Gasteiger partial charge in [-0.15, -0.1) is 0 Å². The van der Waals surface area contributed by atoms with Crippen LogP contribution in [0.4, 0.5) is 5.69 Å². The van der Waals surface area contributed by atoms with Gasteiger partial charge in [0.25, 0.3) is 0 Å². The van der Waals surface area contributed by atoms with E-state index in [9.17, 15) is 14.4 Å². The Hall–Kier alpha value is -2.80. The maximum Gasteiger partial charge on any atom is 0.215 e. The lowest BCUT2D eigenvalue weighted by molar-refractivity contribution is 0.0979. The quantitative estimate of drug-likeness (QED) is 0.791. The van der Waals surface area contributed by atoms with Gasteiger partial charge in [0.05, 0.1) is 18.4 Å². The fraction of sp³-hybridized carbons (Fsp3) is 0.111. The molecule has 7 heteroatoms. The molecule has 3 rings (SSSR count). The Kier molecular flexibility index (Phi) is 4.50. The topological polar surface area (TPSA) is 85.4 Å². The molecule has 0 fully saturated rings. The summed E-state index contributed by atoms with van der Waals surface area (Å²) in [6, 6.07) is 6.57. The van der Waals surface area contributed by atoms with Gasteiger partial charge in [-0.25, -0.2) is 0 Å². The number of nitrogens with one attached hydrogen (secondary N) is 1. The minimum Gasteiger partial charge on any atom is -0.496 e. The summed E-state index contributed by atoms with van der Waals surface area (Å²) in [6.45, 7) is 1.43. The van der Waals surface area contributed by atoms with Crippen LogP contribution in [0.1, 0.15) is 38.1 Å². The molecule has 0 bridgehead atoms. The molecule has 0 atom stereocenters. The molecule has 6 nitrogen and oxygen atoms in total. The smallest absolute Gasteiger partial charge is 0.215 e. The summed E-state index contributed by atoms with van der Waals surface area (Å²) in [5.74, 6) is -0.716. The van der Waals surface area contributed by atoms with Gasteiger partial charge in [0.2, 0.25) is 11.6 Å². The molecule has 0 aliphatic heterocycles. The number of Topliss-reactive ketones (excluding diaryl/α,β-unsaturated/α-hetero) is 2. The maximum atomic E-state index is 12.8. The monoisotopic (exact) mass is 400 g/mol. The summed E-state index contributed by atoms with van der Waals surface area (Å²) in [4.78, 5) is 40.9. The lowest BCUT2D eigenvalue weighted by Gasteiger charge is -2.19. The minimum absolute atomic E-state index is 0.0532. The lowest BCUT2D eigenvalue weighted by atomic mass is 9.95. The van der Waals surface area contributed by atoms with Crippen molar-refractivity contribution < 1.29 is 19.1 Å². The molecule has 0 spiro atoms. The minimum atomic E-state index is -0.419. The highest BCUT2D eigenvalue weighted by Gasteiger charge is 2.30. The molecule has 0 saturated heterocycles. The third-order valence-corrected chi connectivity index (χ3v) is 4.24. The summed E-state index contributed by atoms with van der Waals surface area (Å²) >= 11 is 3.31. The average molecular weight is 401 g/mol. The third kappa shape index (κ3) is 3.10. The number of allylic oxidation sites excluding steroid dienone is 2. The number of ketones is 3. The van der Waals surface area contributed by atoms with Gasteiger partial charge in [-0.05, 0) is 31.2 Å². The number of halogens is 1. The number of fused-ring (bicyclic) bond motifs is 1. The Labute approximate surface area is 152 Å². The molecular weight excluding hydrogens is 388 g/mol. The predicted molar refractivity (Wildman–Crippen MR) is 95.3 cm³/mol. The highest BCUT2D eigenvalue weighted by atomic mass is 79.9. The van der Waals surface area contributed by atoms with Crippen LogP contribution < -0.4 is 10.1 Å². The van der Waals surface area contributed by atoms with E-state index in [0.717, 1.165) is 4.47 Å². The first-order chi connectivity index (χ1) is 11.9. The van der Waals surface area contributed by atoms with Gasteiger partial charge < -0.3 is 10.1 Å². The standard InChI is InChI=1S/C18H13BrN2O4/c1-9(22)11-7-10(19)3-4-12(11)21-13-8-14(23)17-16(18(13)24)15(25-2)5-6-20-17/h3-8,21H,1-2H3. The number of hydrogen-bond donors (Lipinski definition) is 1. The van der Waals surface area contributed by atoms with Gasteiger partial charge >= 0.3 is 0 Å². The van der Waals surface area contributed by atoms with Crippen LogP contribution in [0.15, 0.2) is 46.7 Å². The number of carbonyl (C=O) groups excluding carboxylic acids is 3. The van der Waals surface area contributed by atoms with Crippen molar-refractivity contribution in [3.05, 3.63) is 63.5 Å². The van der Waals surface area contributed by atoms with E-state index in [2.05, 4.69) is 26.2 Å². The summed E-state index contributed by atoms with van der Waals surface area (Å²) in [6.07, 6.45) is 2.60. The van der Waals surface area contributed by atoms with Crippen molar-refractivity contribution in [1.82, 2.24) is 4.98 Å². The van der Waals surface area contributed by atoms with E-state index in [1.54, 1.807) is 18.2 Å². The number of ether oxygens (including phenoxy) is 1. The molecule has 1 aliphatic rings. The van der Waals surface area contributed by atoms with E-state index < -0.39 is 11.6 Å². The van der Waals surface area contributed by atoms with Crippen LogP contribution in [-0.4, -0.2) is 29.4 Å². The molecule has 126 valence electrons. The normalized spacial score (nSPS) is 13.2. The fourth-order valence-corrected chi connectivity index (χ4v) is 2.94. The zero-order valence-corrected chi connectivity index (χ0v) is 15.0. The van der Waals surface area contributed by atoms with Gasteiger partial charge in [-0.3, -0.25) is 19.4 Å². The Bertz CT molecular complexity index is 950. The van der Waals surface area contributed by atoms with Crippen molar-refractivity contribution in [2.45, 2.75) is 6.92 Å². The molecule has 0 unspecified atom stereocenters. The number of methoxy groups -OCH3 is 1. The van der Waals surface area contributed by atoms with Gasteiger partial charge in [0.15, 0.2) is 5.78 Å². The highest BCUT2D eigenvalue weighted by molar-refractivity contribution is 9.10. The highest BCUT2D eigenvalue weighted by Crippen LogP contribution is 2.30. The Balaban J connectivity index is 2.04. The summed E-state index contributed by atoms with van der Waals surface area (Å²) < 4.78 is 5.91. The number of carbonyl (C=O) groups is 3.